The van der Waals surface area contributed by atoms with Gasteiger partial charge in [0.1, 0.15) is 0 Å². The van der Waals surface area contributed by atoms with Crippen molar-refractivity contribution in [3.63, 3.8) is 0 Å². The minimum atomic E-state index is -0.810. The molecule has 0 fully saturated rings. The number of benzene rings is 1. The van der Waals surface area contributed by atoms with Gasteiger partial charge in [0.15, 0.2) is 0 Å². The molecule has 0 saturated carbocycles. The lowest BCUT2D eigenvalue weighted by Gasteiger charge is -2.20. The van der Waals surface area contributed by atoms with Crippen LogP contribution in [0.15, 0.2) is 30.3 Å². The van der Waals surface area contributed by atoms with E-state index in [0.717, 1.165) is 5.56 Å². The van der Waals surface area contributed by atoms with Crippen LogP contribution in [0, 0.1) is 0 Å². The molecule has 0 bridgehead atoms. The maximum Gasteiger partial charge on any atom is 0.351 e. The summed E-state index contributed by atoms with van der Waals surface area (Å²) in [6.07, 6.45) is 0. The van der Waals surface area contributed by atoms with Crippen LogP contribution < -0.4 is 0 Å². The lowest BCUT2D eigenvalue weighted by atomic mass is 9.85. The van der Waals surface area contributed by atoms with Gasteiger partial charge in [-0.1, -0.05) is 30.3 Å². The van der Waals surface area contributed by atoms with Gasteiger partial charge in [-0.25, -0.2) is 4.79 Å². The first-order chi connectivity index (χ1) is 6.09. The summed E-state index contributed by atoms with van der Waals surface area (Å²) >= 11 is 0. The molecule has 1 N–H and O–H groups in total. The van der Waals surface area contributed by atoms with Crippen molar-refractivity contribution in [3.05, 3.63) is 35.9 Å². The van der Waals surface area contributed by atoms with E-state index in [0.29, 0.717) is 0 Å². The van der Waals surface area contributed by atoms with E-state index in [1.54, 1.807) is 13.8 Å². The molecular formula is C10H12O3. The average molecular weight is 180 g/mol. The van der Waals surface area contributed by atoms with Crippen LogP contribution in [0.25, 0.3) is 0 Å². The van der Waals surface area contributed by atoms with Gasteiger partial charge in [-0.05, 0) is 19.4 Å². The van der Waals surface area contributed by atoms with E-state index < -0.39 is 11.4 Å². The Labute approximate surface area is 76.9 Å². The first-order valence-electron chi connectivity index (χ1n) is 4.00. The zero-order chi connectivity index (χ0) is 9.90. The van der Waals surface area contributed by atoms with Crippen LogP contribution in [0.2, 0.25) is 0 Å². The molecule has 0 saturated heterocycles. The molecule has 0 unspecified atom stereocenters. The van der Waals surface area contributed by atoms with Crippen molar-refractivity contribution in [3.8, 4) is 0 Å². The van der Waals surface area contributed by atoms with Crippen LogP contribution in [0.1, 0.15) is 19.4 Å². The van der Waals surface area contributed by atoms with Crippen LogP contribution in [-0.2, 0) is 15.1 Å². The van der Waals surface area contributed by atoms with Gasteiger partial charge in [-0.15, -0.1) is 0 Å². The molecule has 1 aromatic rings. The minimum Gasteiger partial charge on any atom is -0.300 e. The number of rotatable bonds is 2. The summed E-state index contributed by atoms with van der Waals surface area (Å²) in [5.41, 5.74) is 0.00442. The molecule has 70 valence electrons. The van der Waals surface area contributed by atoms with Crippen molar-refractivity contribution in [2.24, 2.45) is 0 Å². The molecule has 3 heteroatoms. The highest BCUT2D eigenvalue weighted by Gasteiger charge is 2.31. The van der Waals surface area contributed by atoms with Crippen LogP contribution >= 0.6 is 0 Å². The minimum absolute atomic E-state index is 0.654. The second-order valence-corrected chi connectivity index (χ2v) is 3.37. The van der Waals surface area contributed by atoms with Crippen molar-refractivity contribution < 1.29 is 14.9 Å². The third-order valence-electron chi connectivity index (χ3n) is 2.09. The third-order valence-corrected chi connectivity index (χ3v) is 2.09. The molecule has 3 nitrogen and oxygen atoms in total. The molecular weight excluding hydrogens is 168 g/mol. The zero-order valence-corrected chi connectivity index (χ0v) is 7.65. The van der Waals surface area contributed by atoms with E-state index in [1.807, 2.05) is 30.3 Å². The van der Waals surface area contributed by atoms with Gasteiger partial charge < -0.3 is 4.89 Å². The number of hydrogen-bond acceptors (Lipinski definition) is 3. The second kappa shape index (κ2) is 3.58. The molecule has 0 radical (unpaired) electrons. The first-order valence-corrected chi connectivity index (χ1v) is 4.00. The van der Waals surface area contributed by atoms with Crippen LogP contribution in [0.5, 0.6) is 0 Å². The largest absolute Gasteiger partial charge is 0.351 e. The molecule has 0 aliphatic heterocycles. The van der Waals surface area contributed by atoms with Crippen molar-refractivity contribution >= 4 is 5.97 Å². The summed E-state index contributed by atoms with van der Waals surface area (Å²) < 4.78 is 0. The summed E-state index contributed by atoms with van der Waals surface area (Å²) in [5, 5.41) is 8.28. The Hall–Kier alpha value is -1.35. The van der Waals surface area contributed by atoms with Crippen molar-refractivity contribution in [1.82, 2.24) is 0 Å². The Bertz CT molecular complexity index is 290. The lowest BCUT2D eigenvalue weighted by Crippen LogP contribution is -2.30. The van der Waals surface area contributed by atoms with Gasteiger partial charge in [-0.2, -0.15) is 5.26 Å². The van der Waals surface area contributed by atoms with Crippen molar-refractivity contribution in [1.29, 1.82) is 0 Å². The molecule has 13 heavy (non-hydrogen) atoms. The summed E-state index contributed by atoms with van der Waals surface area (Å²) in [6, 6.07) is 9.17. The summed E-state index contributed by atoms with van der Waals surface area (Å²) in [7, 11) is 0. The molecule has 0 aliphatic rings. The monoisotopic (exact) mass is 180 g/mol. The SMILES string of the molecule is CC(C)(C(=O)OO)c1ccccc1. The van der Waals surface area contributed by atoms with E-state index in [9.17, 15) is 4.79 Å². The first kappa shape index (κ1) is 9.74. The van der Waals surface area contributed by atoms with E-state index >= 15 is 0 Å². The van der Waals surface area contributed by atoms with Crippen LogP contribution in [0.3, 0.4) is 0 Å². The normalized spacial score (nSPS) is 11.0. The highest BCUT2D eigenvalue weighted by atomic mass is 17.1. The predicted octanol–water partition coefficient (Wildman–Crippen LogP) is 1.98. The maximum atomic E-state index is 11.2. The van der Waals surface area contributed by atoms with Crippen LogP contribution in [-0.4, -0.2) is 11.2 Å². The highest BCUT2D eigenvalue weighted by Crippen LogP contribution is 2.23. The molecule has 0 amide bonds. The van der Waals surface area contributed by atoms with Crippen molar-refractivity contribution in [2.75, 3.05) is 0 Å². The zero-order valence-electron chi connectivity index (χ0n) is 7.65. The topological polar surface area (TPSA) is 46.5 Å². The molecule has 1 aromatic carbocycles. The molecule has 0 spiro atoms. The Balaban J connectivity index is 3.00. The second-order valence-electron chi connectivity index (χ2n) is 3.37. The smallest absolute Gasteiger partial charge is 0.300 e. The Morgan fingerprint density at radius 2 is 1.85 bits per heavy atom. The van der Waals surface area contributed by atoms with Gasteiger partial charge in [0.05, 0.1) is 5.41 Å². The Kier molecular flexibility index (Phi) is 2.68. The summed E-state index contributed by atoms with van der Waals surface area (Å²) in [4.78, 5) is 14.9. The van der Waals surface area contributed by atoms with Gasteiger partial charge in [0.25, 0.3) is 0 Å². The predicted molar refractivity (Wildman–Crippen MR) is 48.2 cm³/mol. The van der Waals surface area contributed by atoms with Gasteiger partial charge in [-0.3, -0.25) is 0 Å². The Morgan fingerprint density at radius 1 is 1.31 bits per heavy atom. The van der Waals surface area contributed by atoms with E-state index in [1.165, 1.54) is 0 Å². The molecule has 0 aromatic heterocycles. The fraction of sp³-hybridized carbons (Fsp3) is 0.300. The van der Waals surface area contributed by atoms with E-state index in [-0.39, 0.29) is 0 Å². The fourth-order valence-corrected chi connectivity index (χ4v) is 1.09. The number of carbonyl (C=O) groups is 1. The number of carbonyl (C=O) groups excluding carboxylic acids is 1. The maximum absolute atomic E-state index is 11.2. The summed E-state index contributed by atoms with van der Waals surface area (Å²) in [5.74, 6) is -0.654. The Morgan fingerprint density at radius 3 is 2.31 bits per heavy atom. The lowest BCUT2D eigenvalue weighted by molar-refractivity contribution is -0.239. The summed E-state index contributed by atoms with van der Waals surface area (Å²) in [6.45, 7) is 3.39. The quantitative estimate of drug-likeness (QED) is 0.559. The molecule has 0 atom stereocenters. The fourth-order valence-electron chi connectivity index (χ4n) is 1.09. The standard InChI is InChI=1S/C10H12O3/c1-10(2,9(11)13-12)8-6-4-3-5-7-8/h3-7,12H,1-2H3. The van der Waals surface area contributed by atoms with Crippen molar-refractivity contribution in [2.45, 2.75) is 19.3 Å². The molecule has 0 heterocycles. The highest BCUT2D eigenvalue weighted by molar-refractivity contribution is 5.81. The third kappa shape index (κ3) is 1.87. The van der Waals surface area contributed by atoms with Gasteiger partial charge in [0.2, 0.25) is 0 Å². The van der Waals surface area contributed by atoms with E-state index in [2.05, 4.69) is 4.89 Å². The van der Waals surface area contributed by atoms with Crippen LogP contribution in [0.4, 0.5) is 0 Å². The average Bonchev–Trinajstić information content (AvgIpc) is 2.18. The number of hydrogen-bond donors (Lipinski definition) is 1. The van der Waals surface area contributed by atoms with E-state index in [4.69, 9.17) is 5.26 Å². The van der Waals surface area contributed by atoms with Gasteiger partial charge in [0, 0.05) is 0 Å². The molecule has 0 aliphatic carbocycles. The molecule has 1 rings (SSSR count). The van der Waals surface area contributed by atoms with Gasteiger partial charge >= 0.3 is 5.97 Å².